The van der Waals surface area contributed by atoms with Gasteiger partial charge in [-0.2, -0.15) is 0 Å². The molecule has 2 N–H and O–H groups in total. The van der Waals surface area contributed by atoms with Crippen molar-refractivity contribution in [1.82, 2.24) is 0 Å². The number of allylic oxidation sites excluding steroid dienone is 1. The average molecular weight is 147 g/mol. The van der Waals surface area contributed by atoms with Crippen LogP contribution in [0.25, 0.3) is 5.57 Å². The fourth-order valence-corrected chi connectivity index (χ4v) is 1.11. The van der Waals surface area contributed by atoms with E-state index in [2.05, 4.69) is 19.1 Å². The molecule has 1 rings (SSSR count). The molecule has 0 saturated carbocycles. The lowest BCUT2D eigenvalue weighted by Gasteiger charge is -2.03. The summed E-state index contributed by atoms with van der Waals surface area (Å²) in [6.07, 6.45) is 1.64. The average Bonchev–Trinajstić information content (AvgIpc) is 2.04. The van der Waals surface area contributed by atoms with Gasteiger partial charge in [0.15, 0.2) is 0 Å². The van der Waals surface area contributed by atoms with E-state index in [0.717, 1.165) is 5.57 Å². The first kappa shape index (κ1) is 7.86. The second kappa shape index (κ2) is 3.24. The summed E-state index contributed by atoms with van der Waals surface area (Å²) in [4.78, 5) is 0. The topological polar surface area (TPSA) is 26.0 Å². The molecular formula is C10H13N. The van der Waals surface area contributed by atoms with Crippen LogP contribution in [-0.4, -0.2) is 0 Å². The molecule has 58 valence electrons. The molecule has 0 heterocycles. The van der Waals surface area contributed by atoms with Gasteiger partial charge in [-0.25, -0.2) is 0 Å². The molecule has 1 aromatic rings. The highest BCUT2D eigenvalue weighted by Crippen LogP contribution is 2.15. The molecule has 0 fully saturated rings. The second-order valence-corrected chi connectivity index (χ2v) is 2.66. The minimum atomic E-state index is 1.13. The summed E-state index contributed by atoms with van der Waals surface area (Å²) in [5.74, 6) is 0. The molecule has 0 aromatic heterocycles. The van der Waals surface area contributed by atoms with Crippen LogP contribution < -0.4 is 5.73 Å². The predicted octanol–water partition coefficient (Wildman–Crippen LogP) is 2.31. The van der Waals surface area contributed by atoms with Crippen molar-refractivity contribution in [3.8, 4) is 0 Å². The zero-order valence-electron chi connectivity index (χ0n) is 6.96. The van der Waals surface area contributed by atoms with E-state index in [4.69, 9.17) is 5.73 Å². The Kier molecular flexibility index (Phi) is 2.32. The van der Waals surface area contributed by atoms with E-state index in [9.17, 15) is 0 Å². The summed E-state index contributed by atoms with van der Waals surface area (Å²) in [7, 11) is 0. The van der Waals surface area contributed by atoms with Crippen LogP contribution in [-0.2, 0) is 0 Å². The minimum Gasteiger partial charge on any atom is -0.404 e. The number of rotatable bonds is 1. The molecule has 0 atom stereocenters. The van der Waals surface area contributed by atoms with Gasteiger partial charge in [0.05, 0.1) is 0 Å². The maximum Gasteiger partial charge on any atom is -0.00264 e. The van der Waals surface area contributed by atoms with E-state index in [-0.39, 0.29) is 0 Å². The minimum absolute atomic E-state index is 1.13. The molecule has 0 saturated heterocycles. The van der Waals surface area contributed by atoms with Crippen molar-refractivity contribution in [1.29, 1.82) is 0 Å². The number of hydrogen-bond donors (Lipinski definition) is 1. The lowest BCUT2D eigenvalue weighted by atomic mass is 10.0. The van der Waals surface area contributed by atoms with Crippen LogP contribution in [0.2, 0.25) is 0 Å². The normalized spacial score (nSPS) is 11.6. The molecule has 1 aromatic carbocycles. The molecule has 0 aliphatic rings. The van der Waals surface area contributed by atoms with Gasteiger partial charge in [0.1, 0.15) is 0 Å². The standard InChI is InChI=1S/C10H13N/c1-8-5-3-4-6-10(8)9(2)7-11/h3-7H,11H2,1-2H3/b9-7-. The molecule has 1 nitrogen and oxygen atoms in total. The van der Waals surface area contributed by atoms with E-state index >= 15 is 0 Å². The van der Waals surface area contributed by atoms with Crippen molar-refractivity contribution in [2.75, 3.05) is 0 Å². The third kappa shape index (κ3) is 1.61. The summed E-state index contributed by atoms with van der Waals surface area (Å²) < 4.78 is 0. The molecule has 11 heavy (non-hydrogen) atoms. The predicted molar refractivity (Wildman–Crippen MR) is 49.0 cm³/mol. The van der Waals surface area contributed by atoms with Crippen molar-refractivity contribution in [2.24, 2.45) is 5.73 Å². The van der Waals surface area contributed by atoms with E-state index in [1.807, 2.05) is 19.1 Å². The van der Waals surface area contributed by atoms with Crippen LogP contribution in [0.1, 0.15) is 18.1 Å². The maximum absolute atomic E-state index is 5.41. The van der Waals surface area contributed by atoms with Crippen molar-refractivity contribution in [2.45, 2.75) is 13.8 Å². The van der Waals surface area contributed by atoms with Gasteiger partial charge in [0.25, 0.3) is 0 Å². The monoisotopic (exact) mass is 147 g/mol. The van der Waals surface area contributed by atoms with Gasteiger partial charge >= 0.3 is 0 Å². The molecular weight excluding hydrogens is 134 g/mol. The third-order valence-corrected chi connectivity index (χ3v) is 1.82. The molecule has 0 aliphatic carbocycles. The molecule has 0 amide bonds. The largest absolute Gasteiger partial charge is 0.404 e. The van der Waals surface area contributed by atoms with Gasteiger partial charge in [-0.3, -0.25) is 0 Å². The third-order valence-electron chi connectivity index (χ3n) is 1.82. The Labute approximate surface area is 67.5 Å². The highest BCUT2D eigenvalue weighted by atomic mass is 14.5. The Bertz CT molecular complexity index is 274. The van der Waals surface area contributed by atoms with Gasteiger partial charge in [0.2, 0.25) is 0 Å². The number of benzene rings is 1. The van der Waals surface area contributed by atoms with Crippen molar-refractivity contribution in [3.05, 3.63) is 41.6 Å². The van der Waals surface area contributed by atoms with Crippen LogP contribution in [0.5, 0.6) is 0 Å². The molecule has 0 bridgehead atoms. The first-order valence-electron chi connectivity index (χ1n) is 3.70. The van der Waals surface area contributed by atoms with Gasteiger partial charge in [-0.05, 0) is 36.7 Å². The van der Waals surface area contributed by atoms with Crippen LogP contribution >= 0.6 is 0 Å². The zero-order chi connectivity index (χ0) is 8.27. The lowest BCUT2D eigenvalue weighted by molar-refractivity contribution is 1.40. The number of nitrogens with two attached hydrogens (primary N) is 1. The number of hydrogen-bond acceptors (Lipinski definition) is 1. The second-order valence-electron chi connectivity index (χ2n) is 2.66. The Hall–Kier alpha value is -1.24. The van der Waals surface area contributed by atoms with E-state index in [1.165, 1.54) is 11.1 Å². The first-order chi connectivity index (χ1) is 5.25. The smallest absolute Gasteiger partial charge is 0.00264 e. The van der Waals surface area contributed by atoms with Crippen molar-refractivity contribution in [3.63, 3.8) is 0 Å². The summed E-state index contributed by atoms with van der Waals surface area (Å²) in [6, 6.07) is 8.22. The molecule has 0 aliphatic heterocycles. The first-order valence-corrected chi connectivity index (χ1v) is 3.70. The zero-order valence-corrected chi connectivity index (χ0v) is 6.96. The Morgan fingerprint density at radius 2 is 2.00 bits per heavy atom. The Morgan fingerprint density at radius 3 is 2.55 bits per heavy atom. The quantitative estimate of drug-likeness (QED) is 0.648. The van der Waals surface area contributed by atoms with Gasteiger partial charge in [-0.15, -0.1) is 0 Å². The summed E-state index contributed by atoms with van der Waals surface area (Å²) in [5.41, 5.74) is 9.04. The summed E-state index contributed by atoms with van der Waals surface area (Å²) in [6.45, 7) is 4.10. The van der Waals surface area contributed by atoms with Crippen LogP contribution in [0.4, 0.5) is 0 Å². The fourth-order valence-electron chi connectivity index (χ4n) is 1.11. The van der Waals surface area contributed by atoms with E-state index in [0.29, 0.717) is 0 Å². The lowest BCUT2D eigenvalue weighted by Crippen LogP contribution is -1.88. The molecule has 0 spiro atoms. The number of aryl methyl sites for hydroxylation is 1. The van der Waals surface area contributed by atoms with Gasteiger partial charge in [0, 0.05) is 0 Å². The Morgan fingerprint density at radius 1 is 1.36 bits per heavy atom. The van der Waals surface area contributed by atoms with E-state index < -0.39 is 0 Å². The van der Waals surface area contributed by atoms with Crippen LogP contribution in [0.15, 0.2) is 30.5 Å². The molecule has 0 unspecified atom stereocenters. The van der Waals surface area contributed by atoms with Gasteiger partial charge < -0.3 is 5.73 Å². The highest BCUT2D eigenvalue weighted by molar-refractivity contribution is 5.65. The van der Waals surface area contributed by atoms with Crippen LogP contribution in [0, 0.1) is 6.92 Å². The Balaban J connectivity index is 3.14. The maximum atomic E-state index is 5.41. The SMILES string of the molecule is C/C(=C/N)c1ccccc1C. The summed E-state index contributed by atoms with van der Waals surface area (Å²) >= 11 is 0. The highest BCUT2D eigenvalue weighted by Gasteiger charge is 1.96. The van der Waals surface area contributed by atoms with Gasteiger partial charge in [-0.1, -0.05) is 24.3 Å². The fraction of sp³-hybridized carbons (Fsp3) is 0.200. The van der Waals surface area contributed by atoms with Crippen LogP contribution in [0.3, 0.4) is 0 Å². The molecule has 1 heteroatoms. The van der Waals surface area contributed by atoms with Crippen molar-refractivity contribution >= 4 is 5.57 Å². The summed E-state index contributed by atoms with van der Waals surface area (Å²) in [5, 5.41) is 0. The van der Waals surface area contributed by atoms with Crippen molar-refractivity contribution < 1.29 is 0 Å². The van der Waals surface area contributed by atoms with E-state index in [1.54, 1.807) is 6.20 Å². The molecule has 0 radical (unpaired) electrons.